The number of rotatable bonds is 2. The lowest BCUT2D eigenvalue weighted by Gasteiger charge is -2.37. The van der Waals surface area contributed by atoms with Gasteiger partial charge in [-0.1, -0.05) is 0 Å². The van der Waals surface area contributed by atoms with Crippen molar-refractivity contribution in [3.63, 3.8) is 0 Å². The summed E-state index contributed by atoms with van der Waals surface area (Å²) in [6.07, 6.45) is 1.21. The molecule has 2 saturated heterocycles. The van der Waals surface area contributed by atoms with Crippen molar-refractivity contribution in [3.8, 4) is 0 Å². The molecule has 2 N–H and O–H groups in total. The molecule has 0 bridgehead atoms. The lowest BCUT2D eigenvalue weighted by molar-refractivity contribution is -0.135. The maximum absolute atomic E-state index is 12.5. The average molecular weight is 319 g/mol. The Labute approximate surface area is 134 Å². The normalized spacial score (nSPS) is 19.9. The zero-order valence-electron chi connectivity index (χ0n) is 13.6. The molecule has 2 fully saturated rings. The fourth-order valence-electron chi connectivity index (χ4n) is 3.35. The van der Waals surface area contributed by atoms with Crippen molar-refractivity contribution in [2.24, 2.45) is 7.05 Å². The van der Waals surface area contributed by atoms with Gasteiger partial charge in [0.1, 0.15) is 5.54 Å². The van der Waals surface area contributed by atoms with Crippen molar-refractivity contribution in [2.75, 3.05) is 13.1 Å². The van der Waals surface area contributed by atoms with Crippen molar-refractivity contribution in [1.82, 2.24) is 25.3 Å². The van der Waals surface area contributed by atoms with Gasteiger partial charge < -0.3 is 10.2 Å². The van der Waals surface area contributed by atoms with E-state index < -0.39 is 11.6 Å². The Morgan fingerprint density at radius 1 is 1.26 bits per heavy atom. The fourth-order valence-corrected chi connectivity index (χ4v) is 3.35. The summed E-state index contributed by atoms with van der Waals surface area (Å²) in [5, 5.41) is 9.30. The SMILES string of the molecule is Cc1nn(C)c(C)c1CC(=O)N1CCC2(CC1)NC(=O)NC2=O. The first-order chi connectivity index (χ1) is 10.8. The first-order valence-corrected chi connectivity index (χ1v) is 7.73. The minimum Gasteiger partial charge on any atom is -0.342 e. The fraction of sp³-hybridized carbons (Fsp3) is 0.600. The molecule has 1 aromatic rings. The number of piperidine rings is 1. The Morgan fingerprint density at radius 3 is 2.39 bits per heavy atom. The van der Waals surface area contributed by atoms with Crippen LogP contribution in [0.5, 0.6) is 0 Å². The summed E-state index contributed by atoms with van der Waals surface area (Å²) in [6.45, 7) is 4.78. The highest BCUT2D eigenvalue weighted by molar-refractivity contribution is 6.07. The molecule has 3 rings (SSSR count). The van der Waals surface area contributed by atoms with E-state index in [0.717, 1.165) is 17.0 Å². The molecule has 2 aliphatic heterocycles. The number of hydrogen-bond donors (Lipinski definition) is 2. The smallest absolute Gasteiger partial charge is 0.322 e. The molecule has 0 unspecified atom stereocenters. The molecule has 124 valence electrons. The number of urea groups is 1. The monoisotopic (exact) mass is 319 g/mol. The van der Waals surface area contributed by atoms with E-state index >= 15 is 0 Å². The number of nitrogens with zero attached hydrogens (tertiary/aromatic N) is 3. The minimum absolute atomic E-state index is 0.0313. The Kier molecular flexibility index (Phi) is 3.62. The third kappa shape index (κ3) is 2.58. The Hall–Kier alpha value is -2.38. The summed E-state index contributed by atoms with van der Waals surface area (Å²) in [6, 6.07) is -0.448. The highest BCUT2D eigenvalue weighted by Crippen LogP contribution is 2.26. The molecule has 4 amide bonds. The molecule has 3 heterocycles. The summed E-state index contributed by atoms with van der Waals surface area (Å²) < 4.78 is 1.78. The molecule has 0 atom stereocenters. The Bertz CT molecular complexity index is 686. The van der Waals surface area contributed by atoms with Crippen LogP contribution in [0.25, 0.3) is 0 Å². The van der Waals surface area contributed by atoms with Crippen LogP contribution in [0.3, 0.4) is 0 Å². The molecule has 0 radical (unpaired) electrons. The van der Waals surface area contributed by atoms with Crippen molar-refractivity contribution >= 4 is 17.8 Å². The lowest BCUT2D eigenvalue weighted by atomic mass is 9.87. The van der Waals surface area contributed by atoms with Gasteiger partial charge in [-0.2, -0.15) is 5.10 Å². The van der Waals surface area contributed by atoms with Crippen LogP contribution in [-0.2, 0) is 23.1 Å². The molecule has 0 saturated carbocycles. The van der Waals surface area contributed by atoms with E-state index in [0.29, 0.717) is 32.4 Å². The van der Waals surface area contributed by atoms with E-state index in [2.05, 4.69) is 15.7 Å². The molecule has 2 aliphatic rings. The molecule has 23 heavy (non-hydrogen) atoms. The number of carbonyl (C=O) groups excluding carboxylic acids is 3. The van der Waals surface area contributed by atoms with Gasteiger partial charge in [0.2, 0.25) is 5.91 Å². The van der Waals surface area contributed by atoms with Crippen LogP contribution < -0.4 is 10.6 Å². The maximum Gasteiger partial charge on any atom is 0.322 e. The zero-order valence-corrected chi connectivity index (χ0v) is 13.6. The van der Waals surface area contributed by atoms with E-state index in [1.807, 2.05) is 20.9 Å². The van der Waals surface area contributed by atoms with E-state index in [-0.39, 0.29) is 11.8 Å². The summed E-state index contributed by atoms with van der Waals surface area (Å²) in [4.78, 5) is 37.5. The lowest BCUT2D eigenvalue weighted by Crippen LogP contribution is -2.56. The van der Waals surface area contributed by atoms with Crippen LogP contribution in [0, 0.1) is 13.8 Å². The molecular weight excluding hydrogens is 298 g/mol. The van der Waals surface area contributed by atoms with Gasteiger partial charge in [0.05, 0.1) is 12.1 Å². The second-order valence-corrected chi connectivity index (χ2v) is 6.32. The topological polar surface area (TPSA) is 96.3 Å². The predicted molar refractivity (Wildman–Crippen MR) is 81.6 cm³/mol. The van der Waals surface area contributed by atoms with Gasteiger partial charge in [-0.3, -0.25) is 19.6 Å². The number of amides is 4. The standard InChI is InChI=1S/C15H21N5O3/c1-9-11(10(2)19(3)18-9)8-12(21)20-6-4-15(5-7-20)13(22)16-14(23)17-15/h4-8H2,1-3H3,(H2,16,17,22,23). The summed E-state index contributed by atoms with van der Waals surface area (Å²) >= 11 is 0. The highest BCUT2D eigenvalue weighted by Gasteiger charge is 2.48. The number of imide groups is 1. The number of carbonyl (C=O) groups is 3. The van der Waals surface area contributed by atoms with Gasteiger partial charge >= 0.3 is 6.03 Å². The van der Waals surface area contributed by atoms with Crippen LogP contribution in [0.2, 0.25) is 0 Å². The van der Waals surface area contributed by atoms with Crippen molar-refractivity contribution in [3.05, 3.63) is 17.0 Å². The van der Waals surface area contributed by atoms with Crippen LogP contribution >= 0.6 is 0 Å². The van der Waals surface area contributed by atoms with Gasteiger partial charge in [0.15, 0.2) is 0 Å². The van der Waals surface area contributed by atoms with Crippen molar-refractivity contribution in [2.45, 2.75) is 38.6 Å². The second-order valence-electron chi connectivity index (χ2n) is 6.32. The predicted octanol–water partition coefficient (Wildman–Crippen LogP) is -0.220. The summed E-state index contributed by atoms with van der Waals surface area (Å²) in [5.41, 5.74) is 1.99. The number of nitrogens with one attached hydrogen (secondary N) is 2. The first kappa shape index (κ1) is 15.5. The molecule has 0 aliphatic carbocycles. The van der Waals surface area contributed by atoms with Crippen LogP contribution in [0.15, 0.2) is 0 Å². The summed E-state index contributed by atoms with van der Waals surface area (Å²) in [7, 11) is 1.86. The van der Waals surface area contributed by atoms with Gasteiger partial charge in [-0.25, -0.2) is 4.79 Å². The minimum atomic E-state index is -0.839. The van der Waals surface area contributed by atoms with Crippen LogP contribution in [0.4, 0.5) is 4.79 Å². The largest absolute Gasteiger partial charge is 0.342 e. The van der Waals surface area contributed by atoms with Gasteiger partial charge in [-0.15, -0.1) is 0 Å². The van der Waals surface area contributed by atoms with Gasteiger partial charge in [0, 0.05) is 31.4 Å². The van der Waals surface area contributed by atoms with Gasteiger partial charge in [-0.05, 0) is 26.7 Å². The molecule has 1 aromatic heterocycles. The van der Waals surface area contributed by atoms with Crippen LogP contribution in [0.1, 0.15) is 29.8 Å². The molecular formula is C15H21N5O3. The molecule has 8 nitrogen and oxygen atoms in total. The number of hydrogen-bond acceptors (Lipinski definition) is 4. The molecule has 8 heteroatoms. The van der Waals surface area contributed by atoms with E-state index in [1.54, 1.807) is 9.58 Å². The Balaban J connectivity index is 1.65. The number of likely N-dealkylation sites (tertiary alicyclic amines) is 1. The maximum atomic E-state index is 12.5. The average Bonchev–Trinajstić information content (AvgIpc) is 2.90. The highest BCUT2D eigenvalue weighted by atomic mass is 16.2. The second kappa shape index (κ2) is 5.36. The van der Waals surface area contributed by atoms with Crippen molar-refractivity contribution < 1.29 is 14.4 Å². The number of aryl methyl sites for hydroxylation is 2. The molecule has 0 aromatic carbocycles. The Morgan fingerprint density at radius 2 is 1.91 bits per heavy atom. The number of aromatic nitrogens is 2. The summed E-state index contributed by atoms with van der Waals surface area (Å²) in [5.74, 6) is -0.252. The van der Waals surface area contributed by atoms with Crippen LogP contribution in [-0.4, -0.2) is 51.2 Å². The molecule has 1 spiro atoms. The van der Waals surface area contributed by atoms with E-state index in [4.69, 9.17) is 0 Å². The van der Waals surface area contributed by atoms with E-state index in [1.165, 1.54) is 0 Å². The third-order valence-corrected chi connectivity index (χ3v) is 4.97. The third-order valence-electron chi connectivity index (χ3n) is 4.97. The van der Waals surface area contributed by atoms with Crippen molar-refractivity contribution in [1.29, 1.82) is 0 Å². The van der Waals surface area contributed by atoms with E-state index in [9.17, 15) is 14.4 Å². The zero-order chi connectivity index (χ0) is 16.8. The first-order valence-electron chi connectivity index (χ1n) is 7.73. The van der Waals surface area contributed by atoms with Gasteiger partial charge in [0.25, 0.3) is 5.91 Å². The quantitative estimate of drug-likeness (QED) is 0.737.